The predicted octanol–water partition coefficient (Wildman–Crippen LogP) is 1.62. The zero-order chi connectivity index (χ0) is 14.4. The van der Waals surface area contributed by atoms with Gasteiger partial charge in [-0.3, -0.25) is 4.79 Å². The summed E-state index contributed by atoms with van der Waals surface area (Å²) in [4.78, 5) is 13.1. The molecule has 5 heteroatoms. The van der Waals surface area contributed by atoms with Crippen molar-refractivity contribution in [2.75, 3.05) is 30.3 Å². The first kappa shape index (κ1) is 15.1. The quantitative estimate of drug-likeness (QED) is 0.734. The Kier molecular flexibility index (Phi) is 5.48. The molecule has 0 heterocycles. The largest absolute Gasteiger partial charge is 0.494 e. The lowest BCUT2D eigenvalue weighted by molar-refractivity contribution is -0.116. The lowest BCUT2D eigenvalue weighted by Crippen LogP contribution is -2.36. The van der Waals surface area contributed by atoms with Crippen molar-refractivity contribution in [3.8, 4) is 5.75 Å². The van der Waals surface area contributed by atoms with Gasteiger partial charge in [0, 0.05) is 30.1 Å². The number of anilines is 2. The minimum atomic E-state index is -0.360. The van der Waals surface area contributed by atoms with Crippen LogP contribution in [0.4, 0.5) is 11.4 Å². The molecule has 106 valence electrons. The van der Waals surface area contributed by atoms with E-state index in [0.717, 1.165) is 12.2 Å². The van der Waals surface area contributed by atoms with E-state index in [9.17, 15) is 4.79 Å². The molecular formula is C14H23N3O2. The molecule has 0 saturated carbocycles. The van der Waals surface area contributed by atoms with Crippen molar-refractivity contribution in [1.29, 1.82) is 0 Å². The predicted molar refractivity (Wildman–Crippen MR) is 78.3 cm³/mol. The molecule has 0 aromatic heterocycles. The second-order valence-electron chi connectivity index (χ2n) is 4.93. The Morgan fingerprint density at radius 1 is 1.37 bits per heavy atom. The van der Waals surface area contributed by atoms with Crippen LogP contribution in [0.25, 0.3) is 0 Å². The summed E-state index contributed by atoms with van der Waals surface area (Å²) in [7, 11) is 0. The fraction of sp³-hybridized carbons (Fsp3) is 0.500. The van der Waals surface area contributed by atoms with Crippen LogP contribution in [0.3, 0.4) is 0 Å². The van der Waals surface area contributed by atoms with Gasteiger partial charge in [-0.2, -0.15) is 0 Å². The number of nitrogen functional groups attached to an aromatic ring is 1. The number of amides is 1. The van der Waals surface area contributed by atoms with Crippen molar-refractivity contribution in [3.63, 3.8) is 0 Å². The van der Waals surface area contributed by atoms with E-state index in [1.54, 1.807) is 6.07 Å². The number of hydrogen-bond acceptors (Lipinski definition) is 4. The van der Waals surface area contributed by atoms with Crippen molar-refractivity contribution in [2.45, 2.75) is 20.8 Å². The zero-order valence-corrected chi connectivity index (χ0v) is 11.8. The third-order valence-electron chi connectivity index (χ3n) is 2.52. The molecule has 1 aromatic carbocycles. The first-order valence-corrected chi connectivity index (χ1v) is 6.49. The molecule has 0 unspecified atom stereocenters. The smallest absolute Gasteiger partial charge is 0.236 e. The molecule has 1 amide bonds. The van der Waals surface area contributed by atoms with Crippen molar-refractivity contribution in [3.05, 3.63) is 18.2 Å². The van der Waals surface area contributed by atoms with E-state index in [2.05, 4.69) is 13.8 Å². The van der Waals surface area contributed by atoms with Gasteiger partial charge in [0.05, 0.1) is 13.2 Å². The zero-order valence-electron chi connectivity index (χ0n) is 11.8. The topological polar surface area (TPSA) is 81.6 Å². The van der Waals surface area contributed by atoms with E-state index in [-0.39, 0.29) is 12.5 Å². The van der Waals surface area contributed by atoms with E-state index in [0.29, 0.717) is 24.0 Å². The number of rotatable bonds is 7. The molecule has 0 bridgehead atoms. The average Bonchev–Trinajstić information content (AvgIpc) is 2.26. The van der Waals surface area contributed by atoms with Crippen LogP contribution in [0, 0.1) is 5.92 Å². The maximum Gasteiger partial charge on any atom is 0.236 e. The van der Waals surface area contributed by atoms with Crippen LogP contribution < -0.4 is 21.1 Å². The Balaban J connectivity index is 3.02. The average molecular weight is 265 g/mol. The molecule has 1 aromatic rings. The molecule has 0 aliphatic rings. The summed E-state index contributed by atoms with van der Waals surface area (Å²) in [6, 6.07) is 5.48. The van der Waals surface area contributed by atoms with E-state index in [1.165, 1.54) is 0 Å². The molecule has 0 aliphatic heterocycles. The number of benzene rings is 1. The van der Waals surface area contributed by atoms with E-state index in [1.807, 2.05) is 24.0 Å². The summed E-state index contributed by atoms with van der Waals surface area (Å²) >= 11 is 0. The number of ether oxygens (including phenoxy) is 1. The monoisotopic (exact) mass is 265 g/mol. The molecular weight excluding hydrogens is 242 g/mol. The minimum absolute atomic E-state index is 0.174. The molecule has 0 radical (unpaired) electrons. The third-order valence-corrected chi connectivity index (χ3v) is 2.52. The Hall–Kier alpha value is -1.91. The molecule has 19 heavy (non-hydrogen) atoms. The third kappa shape index (κ3) is 5.07. The van der Waals surface area contributed by atoms with Crippen LogP contribution in [0.1, 0.15) is 20.8 Å². The second-order valence-corrected chi connectivity index (χ2v) is 4.93. The second kappa shape index (κ2) is 6.87. The van der Waals surface area contributed by atoms with Gasteiger partial charge in [0.25, 0.3) is 0 Å². The van der Waals surface area contributed by atoms with Crippen LogP contribution in [-0.4, -0.2) is 25.6 Å². The fourth-order valence-electron chi connectivity index (χ4n) is 1.93. The minimum Gasteiger partial charge on any atom is -0.494 e. The van der Waals surface area contributed by atoms with Crippen LogP contribution in [0.15, 0.2) is 18.2 Å². The van der Waals surface area contributed by atoms with Gasteiger partial charge >= 0.3 is 0 Å². The highest BCUT2D eigenvalue weighted by molar-refractivity contribution is 5.80. The molecule has 0 aliphatic carbocycles. The van der Waals surface area contributed by atoms with Gasteiger partial charge in [-0.25, -0.2) is 0 Å². The van der Waals surface area contributed by atoms with Gasteiger partial charge in [0.2, 0.25) is 5.91 Å². The van der Waals surface area contributed by atoms with Crippen LogP contribution in [0.5, 0.6) is 5.75 Å². The van der Waals surface area contributed by atoms with Crippen LogP contribution in [0.2, 0.25) is 0 Å². The van der Waals surface area contributed by atoms with Crippen molar-refractivity contribution < 1.29 is 9.53 Å². The summed E-state index contributed by atoms with van der Waals surface area (Å²) in [5.74, 6) is 0.757. The Morgan fingerprint density at radius 3 is 2.58 bits per heavy atom. The van der Waals surface area contributed by atoms with Gasteiger partial charge < -0.3 is 21.1 Å². The number of nitrogens with zero attached hydrogens (tertiary/aromatic N) is 1. The maximum atomic E-state index is 11.2. The highest BCUT2D eigenvalue weighted by atomic mass is 16.5. The molecule has 1 rings (SSSR count). The Morgan fingerprint density at radius 2 is 2.05 bits per heavy atom. The summed E-state index contributed by atoms with van der Waals surface area (Å²) in [5.41, 5.74) is 12.6. The first-order valence-electron chi connectivity index (χ1n) is 6.49. The number of nitrogens with two attached hydrogens (primary N) is 2. The number of carbonyl (C=O) groups is 1. The van der Waals surface area contributed by atoms with Crippen LogP contribution in [-0.2, 0) is 4.79 Å². The summed E-state index contributed by atoms with van der Waals surface area (Å²) in [5, 5.41) is 0. The van der Waals surface area contributed by atoms with Crippen molar-refractivity contribution in [2.24, 2.45) is 11.7 Å². The number of primary amides is 1. The lowest BCUT2D eigenvalue weighted by atomic mass is 10.1. The Labute approximate surface area is 114 Å². The summed E-state index contributed by atoms with van der Waals surface area (Å²) in [6.45, 7) is 7.57. The van der Waals surface area contributed by atoms with Gasteiger partial charge in [-0.15, -0.1) is 0 Å². The molecule has 0 fully saturated rings. The summed E-state index contributed by atoms with van der Waals surface area (Å²) in [6.07, 6.45) is 0. The van der Waals surface area contributed by atoms with Crippen LogP contribution >= 0.6 is 0 Å². The number of carbonyl (C=O) groups excluding carboxylic acids is 1. The van der Waals surface area contributed by atoms with E-state index >= 15 is 0 Å². The molecule has 4 N–H and O–H groups in total. The van der Waals surface area contributed by atoms with Crippen molar-refractivity contribution >= 4 is 17.3 Å². The SMILES string of the molecule is CCOc1cc(N)cc(N(CC(N)=O)CC(C)C)c1. The molecule has 0 saturated heterocycles. The summed E-state index contributed by atoms with van der Waals surface area (Å²) < 4.78 is 5.46. The van der Waals surface area contributed by atoms with E-state index < -0.39 is 0 Å². The van der Waals surface area contributed by atoms with Crippen molar-refractivity contribution in [1.82, 2.24) is 0 Å². The molecule has 0 spiro atoms. The highest BCUT2D eigenvalue weighted by Crippen LogP contribution is 2.26. The van der Waals surface area contributed by atoms with E-state index in [4.69, 9.17) is 16.2 Å². The first-order chi connectivity index (χ1) is 8.92. The standard InChI is InChI=1S/C14H23N3O2/c1-4-19-13-6-11(15)5-12(7-13)17(8-10(2)3)9-14(16)18/h5-7,10H,4,8-9,15H2,1-3H3,(H2,16,18). The lowest BCUT2D eigenvalue weighted by Gasteiger charge is -2.26. The maximum absolute atomic E-state index is 11.2. The van der Waals surface area contributed by atoms with Gasteiger partial charge in [-0.05, 0) is 18.9 Å². The van der Waals surface area contributed by atoms with Gasteiger partial charge in [0.1, 0.15) is 5.75 Å². The normalized spacial score (nSPS) is 10.5. The Bertz CT molecular complexity index is 433. The molecule has 0 atom stereocenters. The van der Waals surface area contributed by atoms with Gasteiger partial charge in [0.15, 0.2) is 0 Å². The number of hydrogen-bond donors (Lipinski definition) is 2. The molecule has 5 nitrogen and oxygen atoms in total. The highest BCUT2D eigenvalue weighted by Gasteiger charge is 2.13. The fourth-order valence-corrected chi connectivity index (χ4v) is 1.93. The van der Waals surface area contributed by atoms with Gasteiger partial charge in [-0.1, -0.05) is 13.8 Å².